The Morgan fingerprint density at radius 3 is 3.06 bits per heavy atom. The summed E-state index contributed by atoms with van der Waals surface area (Å²) < 4.78 is 0. The molecule has 80 valence electrons. The molecule has 0 atom stereocenters. The monoisotopic (exact) mass is 213 g/mol. The van der Waals surface area contributed by atoms with Crippen LogP contribution in [-0.4, -0.2) is 25.6 Å². The lowest BCUT2D eigenvalue weighted by molar-refractivity contribution is 0.881. The van der Waals surface area contributed by atoms with E-state index in [4.69, 9.17) is 0 Å². The second-order valence-corrected chi connectivity index (χ2v) is 3.87. The molecule has 2 aromatic heterocycles. The van der Waals surface area contributed by atoms with Crippen molar-refractivity contribution in [3.05, 3.63) is 41.3 Å². The number of aryl methyl sites for hydroxylation is 1. The second-order valence-electron chi connectivity index (χ2n) is 3.87. The van der Waals surface area contributed by atoms with Gasteiger partial charge in [0.1, 0.15) is 0 Å². The third-order valence-electron chi connectivity index (χ3n) is 2.66. The number of H-pyrrole nitrogens is 2. The minimum atomic E-state index is 0.694. The normalized spacial score (nSPS) is 11.1. The lowest BCUT2D eigenvalue weighted by Crippen LogP contribution is -1.89. The number of tetrazole rings is 1. The molecule has 0 spiro atoms. The number of aromatic nitrogens is 5. The standard InChI is InChI=1S/C11H11N5/c1-7-2-3-9-8(6-12-10(9)4-7)5-11-13-15-16-14-11/h2-4,6,12H,5H2,1H3,(H,13,14,15,16). The topological polar surface area (TPSA) is 70.2 Å². The van der Waals surface area contributed by atoms with Gasteiger partial charge in [0, 0.05) is 23.5 Å². The SMILES string of the molecule is Cc1ccc2c(Cc3nn[nH]n3)c[nH]c2c1. The molecule has 0 radical (unpaired) electrons. The Morgan fingerprint density at radius 2 is 2.25 bits per heavy atom. The predicted octanol–water partition coefficient (Wildman–Crippen LogP) is 1.58. The van der Waals surface area contributed by atoms with Gasteiger partial charge in [0.05, 0.1) is 0 Å². The molecule has 5 heteroatoms. The van der Waals surface area contributed by atoms with Crippen molar-refractivity contribution in [3.8, 4) is 0 Å². The van der Waals surface area contributed by atoms with Crippen LogP contribution in [0.3, 0.4) is 0 Å². The first-order valence-electron chi connectivity index (χ1n) is 5.12. The van der Waals surface area contributed by atoms with E-state index < -0.39 is 0 Å². The van der Waals surface area contributed by atoms with Gasteiger partial charge in [0.25, 0.3) is 0 Å². The molecule has 5 nitrogen and oxygen atoms in total. The quantitative estimate of drug-likeness (QED) is 0.679. The van der Waals surface area contributed by atoms with Crippen molar-refractivity contribution in [1.29, 1.82) is 0 Å². The summed E-state index contributed by atoms with van der Waals surface area (Å²) in [5, 5.41) is 15.1. The molecule has 0 aliphatic heterocycles. The van der Waals surface area contributed by atoms with Gasteiger partial charge < -0.3 is 4.98 Å². The lowest BCUT2D eigenvalue weighted by Gasteiger charge is -1.96. The number of nitrogens with zero attached hydrogens (tertiary/aromatic N) is 3. The van der Waals surface area contributed by atoms with Gasteiger partial charge in [0.2, 0.25) is 0 Å². The maximum Gasteiger partial charge on any atom is 0.178 e. The molecule has 0 amide bonds. The van der Waals surface area contributed by atoms with Gasteiger partial charge in [-0.3, -0.25) is 0 Å². The molecule has 3 aromatic rings. The highest BCUT2D eigenvalue weighted by Gasteiger charge is 2.06. The largest absolute Gasteiger partial charge is 0.361 e. The minimum absolute atomic E-state index is 0.694. The molecule has 0 bridgehead atoms. The maximum absolute atomic E-state index is 3.95. The van der Waals surface area contributed by atoms with E-state index >= 15 is 0 Å². The number of aromatic amines is 2. The van der Waals surface area contributed by atoms with Crippen LogP contribution in [0.25, 0.3) is 10.9 Å². The van der Waals surface area contributed by atoms with Gasteiger partial charge >= 0.3 is 0 Å². The first-order chi connectivity index (χ1) is 7.83. The Labute approximate surface area is 91.9 Å². The Kier molecular flexibility index (Phi) is 1.96. The van der Waals surface area contributed by atoms with Crippen LogP contribution < -0.4 is 0 Å². The van der Waals surface area contributed by atoms with Crippen molar-refractivity contribution in [1.82, 2.24) is 25.6 Å². The summed E-state index contributed by atoms with van der Waals surface area (Å²) in [5.74, 6) is 0.710. The van der Waals surface area contributed by atoms with E-state index in [-0.39, 0.29) is 0 Å². The Morgan fingerprint density at radius 1 is 1.31 bits per heavy atom. The maximum atomic E-state index is 3.95. The summed E-state index contributed by atoms with van der Waals surface area (Å²) in [6.07, 6.45) is 2.69. The fraction of sp³-hybridized carbons (Fsp3) is 0.182. The third-order valence-corrected chi connectivity index (χ3v) is 2.66. The summed E-state index contributed by atoms with van der Waals surface area (Å²) in [7, 11) is 0. The summed E-state index contributed by atoms with van der Waals surface area (Å²) in [4.78, 5) is 3.26. The van der Waals surface area contributed by atoms with E-state index in [9.17, 15) is 0 Å². The average molecular weight is 213 g/mol. The number of nitrogens with one attached hydrogen (secondary N) is 2. The molecule has 2 N–H and O–H groups in total. The first kappa shape index (κ1) is 9.08. The molecule has 0 saturated carbocycles. The van der Waals surface area contributed by atoms with Crippen LogP contribution in [0, 0.1) is 6.92 Å². The molecule has 0 aliphatic rings. The summed E-state index contributed by atoms with van der Waals surface area (Å²) in [6, 6.07) is 6.36. The van der Waals surface area contributed by atoms with E-state index in [1.165, 1.54) is 16.5 Å². The van der Waals surface area contributed by atoms with Crippen LogP contribution in [-0.2, 0) is 6.42 Å². The van der Waals surface area contributed by atoms with E-state index in [0.29, 0.717) is 12.2 Å². The number of hydrogen-bond acceptors (Lipinski definition) is 3. The van der Waals surface area contributed by atoms with Gasteiger partial charge in [-0.1, -0.05) is 17.3 Å². The molecule has 3 rings (SSSR count). The Hall–Kier alpha value is -2.17. The number of hydrogen-bond donors (Lipinski definition) is 2. The van der Waals surface area contributed by atoms with Gasteiger partial charge in [-0.15, -0.1) is 10.2 Å². The number of rotatable bonds is 2. The molecular weight excluding hydrogens is 202 g/mol. The van der Waals surface area contributed by atoms with Crippen LogP contribution in [0.1, 0.15) is 17.0 Å². The number of benzene rings is 1. The van der Waals surface area contributed by atoms with Crippen molar-refractivity contribution in [2.24, 2.45) is 0 Å². The third kappa shape index (κ3) is 1.46. The minimum Gasteiger partial charge on any atom is -0.361 e. The Balaban J connectivity index is 2.04. The van der Waals surface area contributed by atoms with Gasteiger partial charge in [-0.2, -0.15) is 5.21 Å². The van der Waals surface area contributed by atoms with Crippen molar-refractivity contribution in [2.75, 3.05) is 0 Å². The van der Waals surface area contributed by atoms with Gasteiger partial charge in [-0.05, 0) is 24.1 Å². The average Bonchev–Trinajstić information content (AvgIpc) is 2.89. The molecule has 2 heterocycles. The predicted molar refractivity (Wildman–Crippen MR) is 60.0 cm³/mol. The van der Waals surface area contributed by atoms with Crippen LogP contribution in [0.4, 0.5) is 0 Å². The Bertz CT molecular complexity index is 608. The highest BCUT2D eigenvalue weighted by Crippen LogP contribution is 2.20. The van der Waals surface area contributed by atoms with Gasteiger partial charge in [0.15, 0.2) is 5.82 Å². The molecule has 0 unspecified atom stereocenters. The fourth-order valence-electron chi connectivity index (χ4n) is 1.87. The highest BCUT2D eigenvalue weighted by molar-refractivity contribution is 5.83. The smallest absolute Gasteiger partial charge is 0.178 e. The summed E-state index contributed by atoms with van der Waals surface area (Å²) in [6.45, 7) is 2.08. The molecule has 16 heavy (non-hydrogen) atoms. The summed E-state index contributed by atoms with van der Waals surface area (Å²) in [5.41, 5.74) is 3.59. The lowest BCUT2D eigenvalue weighted by atomic mass is 10.1. The van der Waals surface area contributed by atoms with Crippen molar-refractivity contribution >= 4 is 10.9 Å². The molecule has 0 saturated heterocycles. The molecule has 0 fully saturated rings. The van der Waals surface area contributed by atoms with Crippen LogP contribution in [0.2, 0.25) is 0 Å². The fourth-order valence-corrected chi connectivity index (χ4v) is 1.87. The number of fused-ring (bicyclic) bond motifs is 1. The van der Waals surface area contributed by atoms with Crippen LogP contribution in [0.5, 0.6) is 0 Å². The van der Waals surface area contributed by atoms with E-state index in [0.717, 1.165) is 5.52 Å². The highest BCUT2D eigenvalue weighted by atomic mass is 15.5. The van der Waals surface area contributed by atoms with Gasteiger partial charge in [-0.25, -0.2) is 0 Å². The molecule has 0 aliphatic carbocycles. The molecular formula is C11H11N5. The first-order valence-corrected chi connectivity index (χ1v) is 5.12. The van der Waals surface area contributed by atoms with E-state index in [1.54, 1.807) is 0 Å². The zero-order valence-electron chi connectivity index (χ0n) is 8.86. The zero-order valence-corrected chi connectivity index (χ0v) is 8.86. The zero-order chi connectivity index (χ0) is 11.0. The van der Waals surface area contributed by atoms with Crippen molar-refractivity contribution < 1.29 is 0 Å². The second kappa shape index (κ2) is 3.44. The van der Waals surface area contributed by atoms with Crippen LogP contribution >= 0.6 is 0 Å². The van der Waals surface area contributed by atoms with E-state index in [1.807, 2.05) is 6.20 Å². The van der Waals surface area contributed by atoms with Crippen molar-refractivity contribution in [3.63, 3.8) is 0 Å². The van der Waals surface area contributed by atoms with E-state index in [2.05, 4.69) is 50.7 Å². The molecule has 1 aromatic carbocycles. The summed E-state index contributed by atoms with van der Waals surface area (Å²) >= 11 is 0. The van der Waals surface area contributed by atoms with Crippen molar-refractivity contribution in [2.45, 2.75) is 13.3 Å². The van der Waals surface area contributed by atoms with Crippen LogP contribution in [0.15, 0.2) is 24.4 Å².